The van der Waals surface area contributed by atoms with E-state index in [1.165, 1.54) is 0 Å². The van der Waals surface area contributed by atoms with Gasteiger partial charge in [0.05, 0.1) is 11.8 Å². The summed E-state index contributed by atoms with van der Waals surface area (Å²) in [4.78, 5) is 27.1. The molecule has 2 atom stereocenters. The highest BCUT2D eigenvalue weighted by Crippen LogP contribution is 2.22. The average molecular weight is 948 g/mol. The van der Waals surface area contributed by atoms with E-state index in [4.69, 9.17) is 18.9 Å². The molecule has 10 heteroatoms. The molecule has 0 aromatic heterocycles. The Bertz CT molecular complexity index is 1060. The van der Waals surface area contributed by atoms with E-state index in [2.05, 4.69) is 81.2 Å². The van der Waals surface area contributed by atoms with Crippen LogP contribution in [0.1, 0.15) is 227 Å². The Hall–Kier alpha value is -2.34. The Morgan fingerprint density at radius 2 is 0.701 bits per heavy atom. The molecule has 0 aliphatic heterocycles. The number of aliphatic hydroxyl groups excluding tert-OH is 1. The van der Waals surface area contributed by atoms with E-state index in [9.17, 15) is 24.9 Å². The molecule has 0 spiro atoms. The summed E-state index contributed by atoms with van der Waals surface area (Å²) in [5, 5.41) is 29.7. The van der Waals surface area contributed by atoms with E-state index in [0.717, 1.165) is 193 Å². The number of aliphatic hydroxyl groups is 1. The standard InChI is InChI=1S/C57H105NO9/c1-5-9-13-17-27-35-46-64-54(65-47-36-28-18-14-10-6-2)50-52(56(60)61)40-31-23-21-25-33-42-58(44-39-45-59)43-34-26-22-24-32-41-53(57(62)63)51-55(66-48-37-29-19-15-11-7-3)67-49-38-30-20-16-12-8-4/h9-16,52-55,59H,5-8,17-51H2,1-4H3,(H,60,61)(H,62,63)/b13-9-,14-10-,15-11-,16-12-. The molecule has 0 radical (unpaired) electrons. The first-order valence-corrected chi connectivity index (χ1v) is 27.7. The number of ether oxygens (including phenoxy) is 4. The Balaban J connectivity index is 4.70. The van der Waals surface area contributed by atoms with Crippen molar-refractivity contribution in [1.29, 1.82) is 0 Å². The van der Waals surface area contributed by atoms with Crippen molar-refractivity contribution in [3.8, 4) is 0 Å². The quantitative estimate of drug-likeness (QED) is 0.0307. The first-order chi connectivity index (χ1) is 32.8. The molecule has 0 fully saturated rings. The molecule has 0 aromatic rings. The van der Waals surface area contributed by atoms with Crippen LogP contribution in [0.15, 0.2) is 48.6 Å². The first-order valence-electron chi connectivity index (χ1n) is 27.7. The number of carboxylic acid groups (broad SMARTS) is 2. The summed E-state index contributed by atoms with van der Waals surface area (Å²) in [6, 6.07) is 0. The molecule has 0 amide bonds. The van der Waals surface area contributed by atoms with Crippen LogP contribution in [0.3, 0.4) is 0 Å². The van der Waals surface area contributed by atoms with Gasteiger partial charge in [0.1, 0.15) is 0 Å². The molecule has 392 valence electrons. The third-order valence-corrected chi connectivity index (χ3v) is 12.2. The van der Waals surface area contributed by atoms with Gasteiger partial charge in [-0.05, 0) is 148 Å². The van der Waals surface area contributed by atoms with Crippen molar-refractivity contribution in [2.24, 2.45) is 11.8 Å². The highest BCUT2D eigenvalue weighted by Gasteiger charge is 2.25. The zero-order valence-corrected chi connectivity index (χ0v) is 43.7. The lowest BCUT2D eigenvalue weighted by Gasteiger charge is -2.23. The fourth-order valence-corrected chi connectivity index (χ4v) is 8.11. The van der Waals surface area contributed by atoms with Gasteiger partial charge in [0, 0.05) is 52.4 Å². The summed E-state index contributed by atoms with van der Waals surface area (Å²) >= 11 is 0. The van der Waals surface area contributed by atoms with E-state index in [1.807, 2.05) is 0 Å². The minimum Gasteiger partial charge on any atom is -0.481 e. The van der Waals surface area contributed by atoms with Crippen LogP contribution in [0.2, 0.25) is 0 Å². The van der Waals surface area contributed by atoms with Gasteiger partial charge in [-0.25, -0.2) is 0 Å². The van der Waals surface area contributed by atoms with Gasteiger partial charge >= 0.3 is 11.9 Å². The molecule has 0 saturated carbocycles. The molecular weight excluding hydrogens is 843 g/mol. The average Bonchev–Trinajstić information content (AvgIpc) is 3.32. The van der Waals surface area contributed by atoms with Crippen molar-refractivity contribution >= 4 is 11.9 Å². The lowest BCUT2D eigenvalue weighted by atomic mass is 9.97. The second-order valence-electron chi connectivity index (χ2n) is 18.4. The number of hydrogen-bond acceptors (Lipinski definition) is 8. The second-order valence-corrected chi connectivity index (χ2v) is 18.4. The number of hydrogen-bond donors (Lipinski definition) is 3. The molecule has 10 nitrogen and oxygen atoms in total. The fourth-order valence-electron chi connectivity index (χ4n) is 8.11. The smallest absolute Gasteiger partial charge is 0.306 e. The molecular formula is C57H105NO9. The molecule has 2 unspecified atom stereocenters. The van der Waals surface area contributed by atoms with Gasteiger partial charge in [0.15, 0.2) is 12.6 Å². The third kappa shape index (κ3) is 44.6. The highest BCUT2D eigenvalue weighted by atomic mass is 16.7. The van der Waals surface area contributed by atoms with Crippen LogP contribution in [0, 0.1) is 11.8 Å². The SMILES string of the molecule is CC/C=C\CCCCOC(CC(CCCCCCCN(CCCO)CCCCCCCC(CC(OCCCC/C=C\CC)OCCCC/C=C\CC)C(=O)O)C(=O)O)OCCCC/C=C\CC. The topological polar surface area (TPSA) is 135 Å². The normalized spacial score (nSPS) is 13.3. The van der Waals surface area contributed by atoms with E-state index < -0.39 is 36.4 Å². The molecule has 0 rings (SSSR count). The van der Waals surface area contributed by atoms with Gasteiger partial charge in [-0.2, -0.15) is 0 Å². The Morgan fingerprint density at radius 1 is 0.403 bits per heavy atom. The van der Waals surface area contributed by atoms with Crippen molar-refractivity contribution in [2.75, 3.05) is 52.7 Å². The number of allylic oxidation sites excluding steroid dienone is 8. The van der Waals surface area contributed by atoms with Gasteiger partial charge in [0.2, 0.25) is 0 Å². The monoisotopic (exact) mass is 948 g/mol. The molecule has 0 aliphatic carbocycles. The van der Waals surface area contributed by atoms with Crippen molar-refractivity contribution in [1.82, 2.24) is 4.90 Å². The van der Waals surface area contributed by atoms with Crippen LogP contribution < -0.4 is 0 Å². The number of nitrogens with zero attached hydrogens (tertiary/aromatic N) is 1. The largest absolute Gasteiger partial charge is 0.481 e. The van der Waals surface area contributed by atoms with Crippen molar-refractivity contribution in [3.05, 3.63) is 48.6 Å². The molecule has 67 heavy (non-hydrogen) atoms. The molecule has 0 aromatic carbocycles. The van der Waals surface area contributed by atoms with Crippen molar-refractivity contribution in [3.63, 3.8) is 0 Å². The van der Waals surface area contributed by atoms with Crippen LogP contribution in [-0.4, -0.2) is 97.4 Å². The maximum atomic E-state index is 12.3. The van der Waals surface area contributed by atoms with Gasteiger partial charge in [-0.15, -0.1) is 0 Å². The van der Waals surface area contributed by atoms with Crippen LogP contribution in [0.4, 0.5) is 0 Å². The minimum absolute atomic E-state index is 0.195. The summed E-state index contributed by atoms with van der Waals surface area (Å²) in [6.45, 7) is 14.0. The zero-order chi connectivity index (χ0) is 49.1. The molecule has 0 aliphatic rings. The summed E-state index contributed by atoms with van der Waals surface area (Å²) < 4.78 is 24.5. The molecule has 0 bridgehead atoms. The van der Waals surface area contributed by atoms with E-state index in [0.29, 0.717) is 52.1 Å². The van der Waals surface area contributed by atoms with E-state index in [-0.39, 0.29) is 6.61 Å². The predicted molar refractivity (Wildman–Crippen MR) is 280 cm³/mol. The lowest BCUT2D eigenvalue weighted by Crippen LogP contribution is -2.28. The maximum absolute atomic E-state index is 12.3. The van der Waals surface area contributed by atoms with E-state index >= 15 is 0 Å². The molecule has 0 saturated heterocycles. The number of aliphatic carboxylic acids is 2. The van der Waals surface area contributed by atoms with Gasteiger partial charge in [-0.3, -0.25) is 9.59 Å². The van der Waals surface area contributed by atoms with Crippen molar-refractivity contribution < 1.29 is 43.9 Å². The number of carbonyl (C=O) groups is 2. The number of rotatable bonds is 53. The third-order valence-electron chi connectivity index (χ3n) is 12.2. The van der Waals surface area contributed by atoms with Gasteiger partial charge in [-0.1, -0.05) is 128 Å². The maximum Gasteiger partial charge on any atom is 0.306 e. The summed E-state index contributed by atoms with van der Waals surface area (Å²) in [7, 11) is 0. The summed E-state index contributed by atoms with van der Waals surface area (Å²) in [6.07, 6.45) is 46.2. The molecule has 3 N–H and O–H groups in total. The predicted octanol–water partition coefficient (Wildman–Crippen LogP) is 14.8. The van der Waals surface area contributed by atoms with E-state index in [1.54, 1.807) is 0 Å². The zero-order valence-electron chi connectivity index (χ0n) is 43.7. The minimum atomic E-state index is -0.760. The summed E-state index contributed by atoms with van der Waals surface area (Å²) in [5.74, 6) is -2.46. The van der Waals surface area contributed by atoms with Crippen LogP contribution in [0.25, 0.3) is 0 Å². The highest BCUT2D eigenvalue weighted by molar-refractivity contribution is 5.70. The fraction of sp³-hybridized carbons (Fsp3) is 0.825. The van der Waals surface area contributed by atoms with Crippen LogP contribution >= 0.6 is 0 Å². The van der Waals surface area contributed by atoms with Crippen molar-refractivity contribution in [2.45, 2.75) is 239 Å². The Labute approximate surface area is 411 Å². The second kappa shape index (κ2) is 51.5. The van der Waals surface area contributed by atoms with Gasteiger partial charge < -0.3 is 39.2 Å². The van der Waals surface area contributed by atoms with Crippen LogP contribution in [-0.2, 0) is 28.5 Å². The first kappa shape index (κ1) is 64.7. The van der Waals surface area contributed by atoms with Crippen LogP contribution in [0.5, 0.6) is 0 Å². The lowest BCUT2D eigenvalue weighted by molar-refractivity contribution is -0.165. The number of unbranched alkanes of at least 4 members (excludes halogenated alkanes) is 16. The summed E-state index contributed by atoms with van der Waals surface area (Å²) in [5.41, 5.74) is 0. The Kier molecular flexibility index (Phi) is 49.7. The molecule has 0 heterocycles. The Morgan fingerprint density at radius 3 is 1.00 bits per heavy atom. The van der Waals surface area contributed by atoms with Gasteiger partial charge in [0.25, 0.3) is 0 Å². The number of carboxylic acids is 2.